The molecular weight excluding hydrogens is 451 g/mol. The lowest BCUT2D eigenvalue weighted by Gasteiger charge is -2.37. The molecule has 2 fully saturated rings. The molecule has 176 valence electrons. The molecule has 2 amide bonds. The monoisotopic (exact) mass is 476 g/mol. The summed E-state index contributed by atoms with van der Waals surface area (Å²) in [7, 11) is -3.94. The summed E-state index contributed by atoms with van der Waals surface area (Å²) in [6, 6.07) is 5.29. The fraction of sp³-hybridized carbons (Fsp3) is 0.429. The van der Waals surface area contributed by atoms with Crippen molar-refractivity contribution in [2.24, 2.45) is 0 Å². The van der Waals surface area contributed by atoms with Crippen LogP contribution in [0.4, 0.5) is 4.39 Å². The third-order valence-electron chi connectivity index (χ3n) is 5.85. The molecule has 2 aliphatic heterocycles. The minimum atomic E-state index is -3.94. The molecule has 33 heavy (non-hydrogen) atoms. The molecule has 0 unspecified atom stereocenters. The van der Waals surface area contributed by atoms with Gasteiger partial charge in [-0.25, -0.2) is 17.8 Å². The maximum absolute atomic E-state index is 14.0. The Balaban J connectivity index is 1.25. The first kappa shape index (κ1) is 23.2. The van der Waals surface area contributed by atoms with Crippen LogP contribution in [0, 0.1) is 5.82 Å². The number of carbonyl (C=O) groups excluding carboxylic acids is 2. The molecule has 0 atom stereocenters. The SMILES string of the molecule is O=C(CN1CCN(C(=O)c2cnccn2)CC1)N1CCN(S(=O)(=O)c2ccccc2F)CC1. The van der Waals surface area contributed by atoms with Gasteiger partial charge >= 0.3 is 0 Å². The van der Waals surface area contributed by atoms with E-state index in [-0.39, 0.29) is 49.4 Å². The summed E-state index contributed by atoms with van der Waals surface area (Å²) in [6.07, 6.45) is 4.42. The molecule has 4 rings (SSSR count). The van der Waals surface area contributed by atoms with Crippen molar-refractivity contribution in [3.63, 3.8) is 0 Å². The van der Waals surface area contributed by atoms with Gasteiger partial charge in [-0.3, -0.25) is 19.5 Å². The van der Waals surface area contributed by atoms with E-state index in [0.29, 0.717) is 31.9 Å². The van der Waals surface area contributed by atoms with Crippen LogP contribution < -0.4 is 0 Å². The number of sulfonamides is 1. The second-order valence-corrected chi connectivity index (χ2v) is 9.78. The number of nitrogens with zero attached hydrogens (tertiary/aromatic N) is 6. The van der Waals surface area contributed by atoms with E-state index in [0.717, 1.165) is 6.07 Å². The van der Waals surface area contributed by atoms with E-state index in [1.807, 2.05) is 4.90 Å². The highest BCUT2D eigenvalue weighted by Gasteiger charge is 2.32. The first-order chi connectivity index (χ1) is 15.9. The van der Waals surface area contributed by atoms with Crippen LogP contribution in [0.5, 0.6) is 0 Å². The van der Waals surface area contributed by atoms with Gasteiger partial charge in [-0.1, -0.05) is 12.1 Å². The van der Waals surface area contributed by atoms with Crippen molar-refractivity contribution in [3.8, 4) is 0 Å². The number of amides is 2. The second kappa shape index (κ2) is 9.89. The lowest BCUT2D eigenvalue weighted by Crippen LogP contribution is -2.55. The molecule has 1 aromatic carbocycles. The van der Waals surface area contributed by atoms with Gasteiger partial charge in [-0.05, 0) is 12.1 Å². The summed E-state index contributed by atoms with van der Waals surface area (Å²) in [6.45, 7) is 3.00. The second-order valence-electron chi connectivity index (χ2n) is 7.87. The van der Waals surface area contributed by atoms with Gasteiger partial charge in [0.1, 0.15) is 16.4 Å². The Morgan fingerprint density at radius 1 is 0.909 bits per heavy atom. The van der Waals surface area contributed by atoms with E-state index in [2.05, 4.69) is 9.97 Å². The first-order valence-corrected chi connectivity index (χ1v) is 12.1. The molecule has 2 aromatic rings. The first-order valence-electron chi connectivity index (χ1n) is 10.7. The predicted octanol–water partition coefficient (Wildman–Crippen LogP) is -0.0934. The minimum Gasteiger partial charge on any atom is -0.339 e. The van der Waals surface area contributed by atoms with Crippen LogP contribution in [0.25, 0.3) is 0 Å². The number of aromatic nitrogens is 2. The average molecular weight is 477 g/mol. The summed E-state index contributed by atoms with van der Waals surface area (Å²) < 4.78 is 40.6. The molecule has 0 aliphatic carbocycles. The van der Waals surface area contributed by atoms with Crippen molar-refractivity contribution >= 4 is 21.8 Å². The Labute approximate surface area is 191 Å². The fourth-order valence-electron chi connectivity index (χ4n) is 3.94. The normalized spacial score (nSPS) is 18.3. The van der Waals surface area contributed by atoms with Crippen molar-refractivity contribution in [2.75, 3.05) is 58.9 Å². The van der Waals surface area contributed by atoms with E-state index in [1.54, 1.807) is 9.80 Å². The van der Waals surface area contributed by atoms with E-state index in [9.17, 15) is 22.4 Å². The smallest absolute Gasteiger partial charge is 0.274 e. The topological polar surface area (TPSA) is 107 Å². The maximum atomic E-state index is 14.0. The highest BCUT2D eigenvalue weighted by molar-refractivity contribution is 7.89. The van der Waals surface area contributed by atoms with E-state index < -0.39 is 15.8 Å². The summed E-state index contributed by atoms with van der Waals surface area (Å²) >= 11 is 0. The standard InChI is InChI=1S/C21H25FN6O4S/c22-17-3-1-2-4-19(17)33(31,32)28-13-11-26(12-14-28)20(29)16-25-7-9-27(10-8-25)21(30)18-15-23-5-6-24-18/h1-6,15H,7-14,16H2. The van der Waals surface area contributed by atoms with Crippen molar-refractivity contribution in [1.29, 1.82) is 0 Å². The molecule has 0 N–H and O–H groups in total. The van der Waals surface area contributed by atoms with Crippen molar-refractivity contribution < 1.29 is 22.4 Å². The Hall–Kier alpha value is -2.96. The number of hydrogen-bond donors (Lipinski definition) is 0. The largest absolute Gasteiger partial charge is 0.339 e. The van der Waals surface area contributed by atoms with Gasteiger partial charge in [-0.15, -0.1) is 0 Å². The minimum absolute atomic E-state index is 0.0911. The molecule has 2 saturated heterocycles. The van der Waals surface area contributed by atoms with Gasteiger partial charge in [0.2, 0.25) is 15.9 Å². The molecule has 10 nitrogen and oxygen atoms in total. The zero-order valence-corrected chi connectivity index (χ0v) is 18.8. The van der Waals surface area contributed by atoms with Crippen molar-refractivity contribution in [3.05, 3.63) is 54.4 Å². The number of benzene rings is 1. The highest BCUT2D eigenvalue weighted by atomic mass is 32.2. The Bertz CT molecular complexity index is 1100. The zero-order chi connectivity index (χ0) is 23.4. The molecule has 0 bridgehead atoms. The fourth-order valence-corrected chi connectivity index (χ4v) is 5.43. The molecule has 1 aromatic heterocycles. The molecule has 0 saturated carbocycles. The van der Waals surface area contributed by atoms with Crippen LogP contribution in [0.15, 0.2) is 47.8 Å². The lowest BCUT2D eigenvalue weighted by atomic mass is 10.2. The zero-order valence-electron chi connectivity index (χ0n) is 18.0. The van der Waals surface area contributed by atoms with Gasteiger partial charge < -0.3 is 9.80 Å². The number of rotatable bonds is 5. The molecule has 12 heteroatoms. The van der Waals surface area contributed by atoms with Gasteiger partial charge in [0.15, 0.2) is 0 Å². The van der Waals surface area contributed by atoms with Gasteiger partial charge in [-0.2, -0.15) is 4.31 Å². The third-order valence-corrected chi connectivity index (χ3v) is 7.78. The number of carbonyl (C=O) groups is 2. The Morgan fingerprint density at radius 3 is 2.21 bits per heavy atom. The Morgan fingerprint density at radius 2 is 1.58 bits per heavy atom. The van der Waals surface area contributed by atoms with Gasteiger partial charge in [0.05, 0.1) is 12.7 Å². The number of piperazine rings is 2. The Kier molecular flexibility index (Phi) is 6.96. The molecule has 0 spiro atoms. The van der Waals surface area contributed by atoms with Gasteiger partial charge in [0.25, 0.3) is 5.91 Å². The van der Waals surface area contributed by atoms with Crippen molar-refractivity contribution in [2.45, 2.75) is 4.90 Å². The molecule has 3 heterocycles. The maximum Gasteiger partial charge on any atom is 0.274 e. The van der Waals surface area contributed by atoms with Crippen LogP contribution in [0.1, 0.15) is 10.5 Å². The molecule has 2 aliphatic rings. The summed E-state index contributed by atoms with van der Waals surface area (Å²) in [5, 5.41) is 0. The summed E-state index contributed by atoms with van der Waals surface area (Å²) in [5.41, 5.74) is 0.297. The average Bonchev–Trinajstić information content (AvgIpc) is 2.85. The van der Waals surface area contributed by atoms with Crippen LogP contribution >= 0.6 is 0 Å². The van der Waals surface area contributed by atoms with E-state index in [1.165, 1.54) is 41.1 Å². The number of halogens is 1. The highest BCUT2D eigenvalue weighted by Crippen LogP contribution is 2.20. The molecular formula is C21H25FN6O4S. The predicted molar refractivity (Wildman–Crippen MR) is 116 cm³/mol. The third kappa shape index (κ3) is 5.18. The van der Waals surface area contributed by atoms with Crippen LogP contribution in [-0.2, 0) is 14.8 Å². The van der Waals surface area contributed by atoms with Gasteiger partial charge in [0, 0.05) is 64.8 Å². The van der Waals surface area contributed by atoms with Crippen LogP contribution in [0.3, 0.4) is 0 Å². The number of hydrogen-bond acceptors (Lipinski definition) is 7. The molecule has 0 radical (unpaired) electrons. The lowest BCUT2D eigenvalue weighted by molar-refractivity contribution is -0.133. The quantitative estimate of drug-likeness (QED) is 0.594. The van der Waals surface area contributed by atoms with E-state index >= 15 is 0 Å². The summed E-state index contributed by atoms with van der Waals surface area (Å²) in [5.74, 6) is -1.05. The van der Waals surface area contributed by atoms with Crippen molar-refractivity contribution in [1.82, 2.24) is 29.0 Å². The van der Waals surface area contributed by atoms with Crippen LogP contribution in [0.2, 0.25) is 0 Å². The van der Waals surface area contributed by atoms with E-state index in [4.69, 9.17) is 0 Å². The van der Waals surface area contributed by atoms with Crippen LogP contribution in [-0.4, -0.2) is 108 Å². The summed E-state index contributed by atoms with van der Waals surface area (Å²) in [4.78, 5) is 38.1.